The Hall–Kier alpha value is -2.27. The van der Waals surface area contributed by atoms with Crippen LogP contribution in [0.5, 0.6) is 0 Å². The van der Waals surface area contributed by atoms with Crippen LogP contribution in [-0.2, 0) is 11.3 Å². The predicted octanol–water partition coefficient (Wildman–Crippen LogP) is 3.20. The van der Waals surface area contributed by atoms with E-state index in [0.717, 1.165) is 43.7 Å². The first-order valence-electron chi connectivity index (χ1n) is 9.30. The summed E-state index contributed by atoms with van der Waals surface area (Å²) in [4.78, 5) is 21.2. The van der Waals surface area contributed by atoms with Gasteiger partial charge in [-0.25, -0.2) is 4.39 Å². The van der Waals surface area contributed by atoms with E-state index < -0.39 is 0 Å². The van der Waals surface area contributed by atoms with E-state index in [9.17, 15) is 9.18 Å². The number of aromatic nitrogens is 1. The first-order chi connectivity index (χ1) is 12.6. The maximum atomic E-state index is 13.4. The molecule has 1 aromatic carbocycles. The van der Waals surface area contributed by atoms with Gasteiger partial charge in [0.2, 0.25) is 5.91 Å². The molecule has 136 valence electrons. The molecular weight excluding hydrogens is 329 g/mol. The molecule has 26 heavy (non-hydrogen) atoms. The van der Waals surface area contributed by atoms with Crippen molar-refractivity contribution in [2.45, 2.75) is 44.3 Å². The summed E-state index contributed by atoms with van der Waals surface area (Å²) >= 11 is 0. The second-order valence-electron chi connectivity index (χ2n) is 7.32. The number of hydrogen-bond acceptors (Lipinski definition) is 3. The second kappa shape index (κ2) is 7.16. The monoisotopic (exact) mass is 353 g/mol. The van der Waals surface area contributed by atoms with Gasteiger partial charge in [-0.2, -0.15) is 0 Å². The van der Waals surface area contributed by atoms with Gasteiger partial charge in [-0.05, 0) is 42.7 Å². The van der Waals surface area contributed by atoms with Crippen molar-refractivity contribution in [3.8, 4) is 0 Å². The quantitative estimate of drug-likeness (QED) is 0.850. The van der Waals surface area contributed by atoms with E-state index >= 15 is 0 Å². The Morgan fingerprint density at radius 1 is 1.23 bits per heavy atom. The van der Waals surface area contributed by atoms with Crippen molar-refractivity contribution < 1.29 is 9.18 Å². The molecule has 2 saturated heterocycles. The molecular formula is C21H24FN3O. The van der Waals surface area contributed by atoms with Gasteiger partial charge in [-0.15, -0.1) is 0 Å². The van der Waals surface area contributed by atoms with Gasteiger partial charge in [-0.3, -0.25) is 14.7 Å². The number of carbonyl (C=O) groups is 1. The molecule has 1 amide bonds. The molecule has 0 spiro atoms. The zero-order valence-corrected chi connectivity index (χ0v) is 15.0. The highest BCUT2D eigenvalue weighted by Gasteiger charge is 2.47. The number of nitrogens with zero attached hydrogens (tertiary/aromatic N) is 3. The van der Waals surface area contributed by atoms with Crippen LogP contribution in [0.1, 0.15) is 36.9 Å². The summed E-state index contributed by atoms with van der Waals surface area (Å²) < 4.78 is 13.4. The molecule has 0 bridgehead atoms. The van der Waals surface area contributed by atoms with E-state index in [0.29, 0.717) is 6.04 Å². The summed E-state index contributed by atoms with van der Waals surface area (Å²) in [5, 5.41) is 0. The fourth-order valence-corrected chi connectivity index (χ4v) is 4.64. The van der Waals surface area contributed by atoms with Gasteiger partial charge in [0.15, 0.2) is 0 Å². The van der Waals surface area contributed by atoms with Crippen LogP contribution in [0.15, 0.2) is 48.7 Å². The fraction of sp³-hybridized carbons (Fsp3) is 0.429. The van der Waals surface area contributed by atoms with Crippen LogP contribution in [0.4, 0.5) is 4.39 Å². The molecule has 0 aliphatic carbocycles. The molecule has 0 saturated carbocycles. The highest BCUT2D eigenvalue weighted by molar-refractivity contribution is 5.74. The van der Waals surface area contributed by atoms with Crippen molar-refractivity contribution in [3.63, 3.8) is 0 Å². The number of halogens is 1. The summed E-state index contributed by atoms with van der Waals surface area (Å²) in [5.74, 6) is 0.112. The van der Waals surface area contributed by atoms with Crippen LogP contribution in [-0.4, -0.2) is 45.9 Å². The molecule has 2 fully saturated rings. The number of piperidine rings is 1. The van der Waals surface area contributed by atoms with Crippen LogP contribution in [0, 0.1) is 5.82 Å². The molecule has 0 N–H and O–H groups in total. The highest BCUT2D eigenvalue weighted by Crippen LogP contribution is 2.40. The molecule has 3 atom stereocenters. The van der Waals surface area contributed by atoms with Gasteiger partial charge >= 0.3 is 0 Å². The minimum atomic E-state index is -0.222. The van der Waals surface area contributed by atoms with E-state index in [1.54, 1.807) is 6.92 Å². The van der Waals surface area contributed by atoms with E-state index in [4.69, 9.17) is 0 Å². The fourth-order valence-electron chi connectivity index (χ4n) is 4.64. The number of benzene rings is 1. The molecule has 4 nitrogen and oxygen atoms in total. The third kappa shape index (κ3) is 3.23. The number of carbonyl (C=O) groups excluding carboxylic acids is 1. The lowest BCUT2D eigenvalue weighted by atomic mass is 9.86. The number of rotatable bonds is 3. The van der Waals surface area contributed by atoms with Crippen molar-refractivity contribution in [1.82, 2.24) is 14.8 Å². The third-order valence-electron chi connectivity index (χ3n) is 5.76. The SMILES string of the molecule is CC(=O)N1CCC[C@@H]2[C@H]1[C@@H](c1ccc(F)cc1)CN2Cc1ccccn1. The standard InChI is InChI=1S/C21H24FN3O/c1-15(26)25-12-4-6-20-21(25)19(16-7-9-17(22)10-8-16)14-24(20)13-18-5-2-3-11-23-18/h2-3,5,7-11,19-21H,4,6,12-14H2,1H3/t19-,20-,21-/m1/s1. The Labute approximate surface area is 153 Å². The molecule has 0 unspecified atom stereocenters. The molecule has 5 heteroatoms. The second-order valence-corrected chi connectivity index (χ2v) is 7.32. The smallest absolute Gasteiger partial charge is 0.219 e. The summed E-state index contributed by atoms with van der Waals surface area (Å²) in [6.45, 7) is 4.11. The van der Waals surface area contributed by atoms with Crippen LogP contribution in [0.3, 0.4) is 0 Å². The van der Waals surface area contributed by atoms with Crippen molar-refractivity contribution in [2.75, 3.05) is 13.1 Å². The molecule has 0 radical (unpaired) electrons. The molecule has 4 rings (SSSR count). The van der Waals surface area contributed by atoms with Gasteiger partial charge in [-0.1, -0.05) is 18.2 Å². The number of amides is 1. The summed E-state index contributed by atoms with van der Waals surface area (Å²) in [6.07, 6.45) is 3.93. The van der Waals surface area contributed by atoms with E-state index in [2.05, 4.69) is 9.88 Å². The lowest BCUT2D eigenvalue weighted by Crippen LogP contribution is -2.52. The molecule has 3 heterocycles. The van der Waals surface area contributed by atoms with Gasteiger partial charge < -0.3 is 4.90 Å². The first-order valence-corrected chi connectivity index (χ1v) is 9.30. The Bertz CT molecular complexity index is 765. The maximum absolute atomic E-state index is 13.4. The first kappa shape index (κ1) is 17.2. The average molecular weight is 353 g/mol. The van der Waals surface area contributed by atoms with E-state index in [1.807, 2.05) is 41.4 Å². The van der Waals surface area contributed by atoms with E-state index in [-0.39, 0.29) is 23.7 Å². The summed E-state index contributed by atoms with van der Waals surface area (Å²) in [6, 6.07) is 13.2. The number of pyridine rings is 1. The van der Waals surface area contributed by atoms with Gasteiger partial charge in [0.1, 0.15) is 5.82 Å². The molecule has 2 aromatic rings. The molecule has 2 aliphatic rings. The van der Waals surface area contributed by atoms with Crippen LogP contribution in [0.2, 0.25) is 0 Å². The molecule has 2 aliphatic heterocycles. The van der Waals surface area contributed by atoms with E-state index in [1.165, 1.54) is 12.1 Å². The van der Waals surface area contributed by atoms with Crippen molar-refractivity contribution in [3.05, 3.63) is 65.7 Å². The zero-order chi connectivity index (χ0) is 18.1. The largest absolute Gasteiger partial charge is 0.338 e. The number of likely N-dealkylation sites (tertiary alicyclic amines) is 2. The van der Waals surface area contributed by atoms with Crippen molar-refractivity contribution >= 4 is 5.91 Å². The minimum absolute atomic E-state index is 0.131. The average Bonchev–Trinajstić information content (AvgIpc) is 3.02. The third-order valence-corrected chi connectivity index (χ3v) is 5.76. The predicted molar refractivity (Wildman–Crippen MR) is 98.0 cm³/mol. The Morgan fingerprint density at radius 3 is 2.73 bits per heavy atom. The summed E-state index contributed by atoms with van der Waals surface area (Å²) in [7, 11) is 0. The van der Waals surface area contributed by atoms with Crippen LogP contribution >= 0.6 is 0 Å². The van der Waals surface area contributed by atoms with Gasteiger partial charge in [0.25, 0.3) is 0 Å². The van der Waals surface area contributed by atoms with Gasteiger partial charge in [0, 0.05) is 44.7 Å². The molecule has 1 aromatic heterocycles. The maximum Gasteiger partial charge on any atom is 0.219 e. The normalized spacial score (nSPS) is 25.9. The highest BCUT2D eigenvalue weighted by atomic mass is 19.1. The topological polar surface area (TPSA) is 36.4 Å². The Kier molecular flexibility index (Phi) is 4.72. The van der Waals surface area contributed by atoms with Crippen molar-refractivity contribution in [2.24, 2.45) is 0 Å². The minimum Gasteiger partial charge on any atom is -0.338 e. The number of fused-ring (bicyclic) bond motifs is 1. The number of hydrogen-bond donors (Lipinski definition) is 0. The van der Waals surface area contributed by atoms with Crippen LogP contribution in [0.25, 0.3) is 0 Å². The summed E-state index contributed by atoms with van der Waals surface area (Å²) in [5.41, 5.74) is 2.16. The van der Waals surface area contributed by atoms with Crippen molar-refractivity contribution in [1.29, 1.82) is 0 Å². The van der Waals surface area contributed by atoms with Gasteiger partial charge in [0.05, 0.1) is 11.7 Å². The lowest BCUT2D eigenvalue weighted by molar-refractivity contribution is -0.133. The Balaban J connectivity index is 1.66. The van der Waals surface area contributed by atoms with Crippen LogP contribution < -0.4 is 0 Å². The lowest BCUT2D eigenvalue weighted by Gasteiger charge is -2.41. The zero-order valence-electron chi connectivity index (χ0n) is 15.0. The Morgan fingerprint density at radius 2 is 2.04 bits per heavy atom.